The number of carbonyl (C=O) groups is 1. The predicted molar refractivity (Wildman–Crippen MR) is 101 cm³/mol. The lowest BCUT2D eigenvalue weighted by Gasteiger charge is -2.30. The van der Waals surface area contributed by atoms with Crippen molar-refractivity contribution in [1.29, 1.82) is 0 Å². The number of hydrogen-bond donors (Lipinski definition) is 1. The van der Waals surface area contributed by atoms with Crippen LogP contribution in [0.3, 0.4) is 0 Å². The van der Waals surface area contributed by atoms with E-state index in [1.807, 2.05) is 12.1 Å². The normalized spacial score (nSPS) is 21.9. The summed E-state index contributed by atoms with van der Waals surface area (Å²) >= 11 is 1.64. The van der Waals surface area contributed by atoms with Gasteiger partial charge < -0.3 is 14.5 Å². The Bertz CT molecular complexity index is 706. The quantitative estimate of drug-likeness (QED) is 0.835. The first kappa shape index (κ1) is 17.8. The molecule has 2 aromatic rings. The zero-order chi connectivity index (χ0) is 17.8. The summed E-state index contributed by atoms with van der Waals surface area (Å²) in [5.74, 6) is 0.749. The van der Waals surface area contributed by atoms with Crippen LogP contribution < -0.4 is 5.32 Å². The summed E-state index contributed by atoms with van der Waals surface area (Å²) in [6.45, 7) is 4.64. The molecule has 2 saturated heterocycles. The molecule has 2 aliphatic heterocycles. The van der Waals surface area contributed by atoms with E-state index in [4.69, 9.17) is 9.15 Å². The number of thiophene rings is 1. The van der Waals surface area contributed by atoms with Crippen molar-refractivity contribution in [2.75, 3.05) is 26.3 Å². The maximum atomic E-state index is 12.4. The summed E-state index contributed by atoms with van der Waals surface area (Å²) < 4.78 is 10.5. The van der Waals surface area contributed by atoms with Crippen molar-refractivity contribution >= 4 is 17.2 Å². The number of amides is 1. The highest BCUT2D eigenvalue weighted by molar-refractivity contribution is 7.14. The lowest BCUT2D eigenvalue weighted by atomic mass is 9.99. The summed E-state index contributed by atoms with van der Waals surface area (Å²) in [6.07, 6.45) is 8.07. The Hall–Kier alpha value is -1.63. The Morgan fingerprint density at radius 2 is 2.12 bits per heavy atom. The highest BCUT2D eigenvalue weighted by Gasteiger charge is 2.30. The van der Waals surface area contributed by atoms with Gasteiger partial charge in [0.05, 0.1) is 17.4 Å². The van der Waals surface area contributed by atoms with E-state index in [0.717, 1.165) is 36.1 Å². The molecule has 4 heterocycles. The average Bonchev–Trinajstić information content (AvgIpc) is 3.41. The van der Waals surface area contributed by atoms with Gasteiger partial charge in [-0.05, 0) is 56.3 Å². The molecule has 0 unspecified atom stereocenters. The Morgan fingerprint density at radius 3 is 2.92 bits per heavy atom. The van der Waals surface area contributed by atoms with E-state index in [-0.39, 0.29) is 5.91 Å². The molecule has 140 valence electrons. The van der Waals surface area contributed by atoms with Crippen molar-refractivity contribution in [2.45, 2.75) is 38.3 Å². The van der Waals surface area contributed by atoms with Crippen LogP contribution in [-0.4, -0.2) is 37.1 Å². The highest BCUT2D eigenvalue weighted by Crippen LogP contribution is 2.37. The molecule has 1 N–H and O–H groups in total. The molecule has 5 nitrogen and oxygen atoms in total. The fraction of sp³-hybridized carbons (Fsp3) is 0.550. The van der Waals surface area contributed by atoms with Crippen LogP contribution >= 0.6 is 11.3 Å². The third-order valence-corrected chi connectivity index (χ3v) is 6.59. The van der Waals surface area contributed by atoms with Crippen molar-refractivity contribution < 1.29 is 13.9 Å². The van der Waals surface area contributed by atoms with Crippen LogP contribution in [-0.2, 0) is 11.3 Å². The maximum Gasteiger partial charge on any atom is 0.261 e. The standard InChI is InChI=1S/C20H26N2O3S/c23-20(21-12-16-7-11-25-14-16)19-4-3-18(26-19)17-2-1-8-22(17)13-15-5-9-24-10-6-15/h3-4,7,11,14-15,17H,1-2,5-6,8-10,12-13H2,(H,21,23)/t17-/m1/s1. The zero-order valence-corrected chi connectivity index (χ0v) is 15.8. The third-order valence-electron chi connectivity index (χ3n) is 5.41. The fourth-order valence-corrected chi connectivity index (χ4v) is 5.04. The average molecular weight is 375 g/mol. The molecular formula is C20H26N2O3S. The number of likely N-dealkylation sites (tertiary alicyclic amines) is 1. The second-order valence-corrected chi connectivity index (χ2v) is 8.34. The molecule has 2 aromatic heterocycles. The minimum atomic E-state index is -0.00331. The molecule has 2 fully saturated rings. The smallest absolute Gasteiger partial charge is 0.261 e. The maximum absolute atomic E-state index is 12.4. The van der Waals surface area contributed by atoms with Crippen LogP contribution in [0.1, 0.15) is 51.8 Å². The van der Waals surface area contributed by atoms with Gasteiger partial charge in [0.15, 0.2) is 0 Å². The molecule has 2 aliphatic rings. The van der Waals surface area contributed by atoms with Crippen LogP contribution in [0.4, 0.5) is 0 Å². The van der Waals surface area contributed by atoms with Crippen molar-refractivity contribution in [2.24, 2.45) is 5.92 Å². The van der Waals surface area contributed by atoms with E-state index >= 15 is 0 Å². The first-order chi connectivity index (χ1) is 12.8. The van der Waals surface area contributed by atoms with Crippen LogP contribution in [0.2, 0.25) is 0 Å². The largest absolute Gasteiger partial charge is 0.472 e. The van der Waals surface area contributed by atoms with Crippen LogP contribution in [0, 0.1) is 5.92 Å². The molecule has 0 bridgehead atoms. The predicted octanol–water partition coefficient (Wildman–Crippen LogP) is 3.83. The second-order valence-electron chi connectivity index (χ2n) is 7.23. The fourth-order valence-electron chi connectivity index (χ4n) is 3.94. The molecule has 26 heavy (non-hydrogen) atoms. The van der Waals surface area contributed by atoms with Crippen LogP contribution in [0.25, 0.3) is 0 Å². The van der Waals surface area contributed by atoms with Crippen molar-refractivity contribution in [1.82, 2.24) is 10.2 Å². The molecule has 0 radical (unpaired) electrons. The molecule has 1 atom stereocenters. The van der Waals surface area contributed by atoms with Crippen LogP contribution in [0.15, 0.2) is 35.1 Å². The van der Waals surface area contributed by atoms with E-state index in [1.165, 1.54) is 37.1 Å². The number of ether oxygens (including phenoxy) is 1. The van der Waals surface area contributed by atoms with Gasteiger partial charge in [-0.3, -0.25) is 9.69 Å². The van der Waals surface area contributed by atoms with Gasteiger partial charge in [-0.15, -0.1) is 11.3 Å². The Morgan fingerprint density at radius 1 is 1.23 bits per heavy atom. The number of nitrogens with zero attached hydrogens (tertiary/aromatic N) is 1. The first-order valence-corrected chi connectivity index (χ1v) is 10.3. The number of nitrogens with one attached hydrogen (secondary N) is 1. The van der Waals surface area contributed by atoms with Gasteiger partial charge >= 0.3 is 0 Å². The summed E-state index contributed by atoms with van der Waals surface area (Å²) in [5.41, 5.74) is 0.980. The minimum Gasteiger partial charge on any atom is -0.472 e. The van der Waals surface area contributed by atoms with Gasteiger partial charge in [-0.2, -0.15) is 0 Å². The lowest BCUT2D eigenvalue weighted by Crippen LogP contribution is -2.32. The molecule has 0 spiro atoms. The van der Waals surface area contributed by atoms with Gasteiger partial charge in [-0.25, -0.2) is 0 Å². The van der Waals surface area contributed by atoms with E-state index in [1.54, 1.807) is 23.9 Å². The number of rotatable bonds is 6. The van der Waals surface area contributed by atoms with Crippen molar-refractivity contribution in [3.8, 4) is 0 Å². The molecule has 0 aliphatic carbocycles. The highest BCUT2D eigenvalue weighted by atomic mass is 32.1. The van der Waals surface area contributed by atoms with E-state index in [0.29, 0.717) is 12.6 Å². The van der Waals surface area contributed by atoms with Gasteiger partial charge in [0.25, 0.3) is 5.91 Å². The molecule has 6 heteroatoms. The molecule has 0 aromatic carbocycles. The Kier molecular flexibility index (Phi) is 5.72. The number of carbonyl (C=O) groups excluding carboxylic acids is 1. The summed E-state index contributed by atoms with van der Waals surface area (Å²) in [6, 6.07) is 6.45. The van der Waals surface area contributed by atoms with Gasteiger partial charge in [-0.1, -0.05) is 0 Å². The topological polar surface area (TPSA) is 54.7 Å². The number of hydrogen-bond acceptors (Lipinski definition) is 5. The van der Waals surface area contributed by atoms with E-state index < -0.39 is 0 Å². The Balaban J connectivity index is 1.35. The first-order valence-electron chi connectivity index (χ1n) is 9.50. The number of furan rings is 1. The summed E-state index contributed by atoms with van der Waals surface area (Å²) in [4.78, 5) is 17.1. The molecule has 4 rings (SSSR count). The molecular weight excluding hydrogens is 348 g/mol. The second kappa shape index (κ2) is 8.37. The SMILES string of the molecule is O=C(NCc1ccoc1)c1ccc([C@H]2CCCN2CC2CCOCC2)s1. The van der Waals surface area contributed by atoms with Gasteiger partial charge in [0.2, 0.25) is 0 Å². The van der Waals surface area contributed by atoms with Gasteiger partial charge in [0, 0.05) is 42.8 Å². The van der Waals surface area contributed by atoms with E-state index in [9.17, 15) is 4.79 Å². The van der Waals surface area contributed by atoms with E-state index in [2.05, 4.69) is 16.3 Å². The summed E-state index contributed by atoms with van der Waals surface area (Å²) in [7, 11) is 0. The Labute approximate surface area is 158 Å². The molecule has 0 saturated carbocycles. The lowest BCUT2D eigenvalue weighted by molar-refractivity contribution is 0.0508. The third kappa shape index (κ3) is 4.19. The molecule has 1 amide bonds. The van der Waals surface area contributed by atoms with Gasteiger partial charge in [0.1, 0.15) is 0 Å². The summed E-state index contributed by atoms with van der Waals surface area (Å²) in [5, 5.41) is 2.97. The zero-order valence-electron chi connectivity index (χ0n) is 15.0. The van der Waals surface area contributed by atoms with Crippen LogP contribution in [0.5, 0.6) is 0 Å². The minimum absolute atomic E-state index is 0.00331. The monoisotopic (exact) mass is 374 g/mol. The van der Waals surface area contributed by atoms with Crippen molar-refractivity contribution in [3.63, 3.8) is 0 Å². The van der Waals surface area contributed by atoms with Crippen molar-refractivity contribution in [3.05, 3.63) is 46.0 Å².